The second-order valence-electron chi connectivity index (χ2n) is 6.98. The van der Waals surface area contributed by atoms with Gasteiger partial charge in [0.05, 0.1) is 7.11 Å². The van der Waals surface area contributed by atoms with Crippen LogP contribution in [0.4, 0.5) is 0 Å². The van der Waals surface area contributed by atoms with Crippen LogP contribution in [-0.4, -0.2) is 40.1 Å². The highest BCUT2D eigenvalue weighted by Gasteiger charge is 2.26. The predicted molar refractivity (Wildman–Crippen MR) is 103 cm³/mol. The van der Waals surface area contributed by atoms with Gasteiger partial charge < -0.3 is 4.74 Å². The van der Waals surface area contributed by atoms with E-state index in [0.717, 1.165) is 24.1 Å². The molecule has 26 heavy (non-hydrogen) atoms. The second-order valence-corrected chi connectivity index (χ2v) is 8.72. The largest absolute Gasteiger partial charge is 0.495 e. The van der Waals surface area contributed by atoms with Gasteiger partial charge in [-0.1, -0.05) is 24.3 Å². The fourth-order valence-corrected chi connectivity index (χ4v) is 4.67. The molecular weight excluding hydrogens is 348 g/mol. The zero-order valence-corrected chi connectivity index (χ0v) is 16.6. The molecule has 2 aromatic rings. The number of fused-ring (bicyclic) bond motifs is 1. The summed E-state index contributed by atoms with van der Waals surface area (Å²) in [4.78, 5) is 2.39. The SMILES string of the molecule is COc1cc(C)c(C)cc1S(=O)(=O)NCC1Cc2ccccc2CN1C. The Kier molecular flexibility index (Phi) is 5.37. The summed E-state index contributed by atoms with van der Waals surface area (Å²) in [6.45, 7) is 5.04. The molecular formula is C20H26N2O3S. The molecule has 5 nitrogen and oxygen atoms in total. The number of ether oxygens (including phenoxy) is 1. The predicted octanol–water partition coefficient (Wildman–Crippen LogP) is 2.65. The minimum atomic E-state index is -3.64. The molecule has 1 atom stereocenters. The summed E-state index contributed by atoms with van der Waals surface area (Å²) in [5, 5.41) is 0. The number of hydrogen-bond acceptors (Lipinski definition) is 4. The summed E-state index contributed by atoms with van der Waals surface area (Å²) in [5.74, 6) is 0.378. The number of rotatable bonds is 5. The van der Waals surface area contributed by atoms with Crippen LogP contribution < -0.4 is 9.46 Å². The summed E-state index contributed by atoms with van der Waals surface area (Å²) < 4.78 is 33.8. The van der Waals surface area contributed by atoms with Crippen LogP contribution in [0.15, 0.2) is 41.3 Å². The van der Waals surface area contributed by atoms with Crippen LogP contribution in [0.1, 0.15) is 22.3 Å². The van der Waals surface area contributed by atoms with Crippen LogP contribution in [-0.2, 0) is 23.0 Å². The van der Waals surface area contributed by atoms with E-state index in [4.69, 9.17) is 4.74 Å². The van der Waals surface area contributed by atoms with Crippen molar-refractivity contribution in [3.8, 4) is 5.75 Å². The van der Waals surface area contributed by atoms with Crippen molar-refractivity contribution in [3.63, 3.8) is 0 Å². The molecule has 3 rings (SSSR count). The lowest BCUT2D eigenvalue weighted by atomic mass is 9.95. The molecule has 1 N–H and O–H groups in total. The van der Waals surface area contributed by atoms with Gasteiger partial charge in [-0.15, -0.1) is 0 Å². The fraction of sp³-hybridized carbons (Fsp3) is 0.400. The van der Waals surface area contributed by atoms with E-state index in [1.54, 1.807) is 12.1 Å². The van der Waals surface area contributed by atoms with Crippen molar-refractivity contribution < 1.29 is 13.2 Å². The Hall–Kier alpha value is -1.89. The molecule has 0 spiro atoms. The lowest BCUT2D eigenvalue weighted by Crippen LogP contribution is -2.45. The van der Waals surface area contributed by atoms with E-state index in [1.165, 1.54) is 18.2 Å². The lowest BCUT2D eigenvalue weighted by Gasteiger charge is -2.34. The Balaban J connectivity index is 1.78. The van der Waals surface area contributed by atoms with E-state index in [2.05, 4.69) is 21.8 Å². The summed E-state index contributed by atoms with van der Waals surface area (Å²) in [6.07, 6.45) is 0.833. The van der Waals surface area contributed by atoms with Crippen molar-refractivity contribution in [1.29, 1.82) is 0 Å². The average molecular weight is 375 g/mol. The van der Waals surface area contributed by atoms with Crippen molar-refractivity contribution in [2.45, 2.75) is 37.8 Å². The monoisotopic (exact) mass is 374 g/mol. The van der Waals surface area contributed by atoms with E-state index < -0.39 is 10.0 Å². The van der Waals surface area contributed by atoms with E-state index in [-0.39, 0.29) is 10.9 Å². The normalized spacial score (nSPS) is 17.8. The number of sulfonamides is 1. The van der Waals surface area contributed by atoms with Gasteiger partial charge in [0.2, 0.25) is 10.0 Å². The van der Waals surface area contributed by atoms with E-state index in [9.17, 15) is 8.42 Å². The van der Waals surface area contributed by atoms with Crippen molar-refractivity contribution in [2.24, 2.45) is 0 Å². The first-order chi connectivity index (χ1) is 12.3. The molecule has 0 saturated heterocycles. The first-order valence-corrected chi connectivity index (χ1v) is 10.2. The molecule has 0 bridgehead atoms. The highest BCUT2D eigenvalue weighted by molar-refractivity contribution is 7.89. The molecule has 0 saturated carbocycles. The van der Waals surface area contributed by atoms with Crippen LogP contribution in [0.2, 0.25) is 0 Å². The molecule has 1 aliphatic heterocycles. The molecule has 2 aromatic carbocycles. The van der Waals surface area contributed by atoms with Gasteiger partial charge in [-0.25, -0.2) is 13.1 Å². The molecule has 0 radical (unpaired) electrons. The number of nitrogens with one attached hydrogen (secondary N) is 1. The summed E-state index contributed by atoms with van der Waals surface area (Å²) in [5.41, 5.74) is 4.53. The Morgan fingerprint density at radius 1 is 1.15 bits per heavy atom. The number of hydrogen-bond donors (Lipinski definition) is 1. The lowest BCUT2D eigenvalue weighted by molar-refractivity contribution is 0.216. The maximum absolute atomic E-state index is 12.9. The van der Waals surface area contributed by atoms with Crippen LogP contribution >= 0.6 is 0 Å². The highest BCUT2D eigenvalue weighted by Crippen LogP contribution is 2.27. The average Bonchev–Trinajstić information content (AvgIpc) is 2.61. The molecule has 6 heteroatoms. The fourth-order valence-electron chi connectivity index (χ4n) is 3.36. The standard InChI is InChI=1S/C20H26N2O3S/c1-14-9-19(25-4)20(10-15(14)2)26(23,24)21-12-18-11-16-7-5-6-8-17(16)13-22(18)3/h5-10,18,21H,11-13H2,1-4H3. The van der Waals surface area contributed by atoms with Gasteiger partial charge in [0.1, 0.15) is 10.6 Å². The molecule has 1 heterocycles. The highest BCUT2D eigenvalue weighted by atomic mass is 32.2. The number of methoxy groups -OCH3 is 1. The van der Waals surface area contributed by atoms with Gasteiger partial charge in [0.25, 0.3) is 0 Å². The van der Waals surface area contributed by atoms with Crippen molar-refractivity contribution in [1.82, 2.24) is 9.62 Å². The number of likely N-dealkylation sites (N-methyl/N-ethyl adjacent to an activating group) is 1. The molecule has 0 amide bonds. The van der Waals surface area contributed by atoms with Crippen LogP contribution in [0, 0.1) is 13.8 Å². The van der Waals surface area contributed by atoms with Crippen LogP contribution in [0.5, 0.6) is 5.75 Å². The van der Waals surface area contributed by atoms with Crippen LogP contribution in [0.25, 0.3) is 0 Å². The molecule has 0 fully saturated rings. The Morgan fingerprint density at radius 2 is 1.81 bits per heavy atom. The molecule has 140 valence electrons. The smallest absolute Gasteiger partial charge is 0.244 e. The number of nitrogens with zero attached hydrogens (tertiary/aromatic N) is 1. The first kappa shape index (κ1) is 18.9. The third-order valence-corrected chi connectivity index (χ3v) is 6.64. The Bertz CT molecular complexity index is 909. The third kappa shape index (κ3) is 3.77. The maximum atomic E-state index is 12.9. The van der Waals surface area contributed by atoms with Crippen molar-refractivity contribution >= 4 is 10.0 Å². The minimum absolute atomic E-state index is 0.122. The Labute approximate surface area is 156 Å². The van der Waals surface area contributed by atoms with Gasteiger partial charge in [-0.3, -0.25) is 4.90 Å². The summed E-state index contributed by atoms with van der Waals surface area (Å²) in [6, 6.07) is 11.9. The molecule has 0 aliphatic carbocycles. The van der Waals surface area contributed by atoms with Gasteiger partial charge in [-0.2, -0.15) is 0 Å². The number of aryl methyl sites for hydroxylation is 2. The number of benzene rings is 2. The van der Waals surface area contributed by atoms with Crippen molar-refractivity contribution in [2.75, 3.05) is 20.7 Å². The van der Waals surface area contributed by atoms with Gasteiger partial charge in [0.15, 0.2) is 0 Å². The van der Waals surface area contributed by atoms with Gasteiger partial charge >= 0.3 is 0 Å². The minimum Gasteiger partial charge on any atom is -0.495 e. The quantitative estimate of drug-likeness (QED) is 0.874. The summed E-state index contributed by atoms with van der Waals surface area (Å²) >= 11 is 0. The first-order valence-electron chi connectivity index (χ1n) is 8.73. The topological polar surface area (TPSA) is 58.6 Å². The summed E-state index contributed by atoms with van der Waals surface area (Å²) in [7, 11) is -0.116. The molecule has 0 aromatic heterocycles. The van der Waals surface area contributed by atoms with Gasteiger partial charge in [-0.05, 0) is 61.7 Å². The zero-order chi connectivity index (χ0) is 18.9. The van der Waals surface area contributed by atoms with Crippen molar-refractivity contribution in [3.05, 3.63) is 58.7 Å². The zero-order valence-electron chi connectivity index (χ0n) is 15.7. The second kappa shape index (κ2) is 7.39. The van der Waals surface area contributed by atoms with Gasteiger partial charge in [0, 0.05) is 19.1 Å². The van der Waals surface area contributed by atoms with E-state index >= 15 is 0 Å². The van der Waals surface area contributed by atoms with E-state index in [1.807, 2.05) is 33.0 Å². The molecule has 1 unspecified atom stereocenters. The Morgan fingerprint density at radius 3 is 2.50 bits per heavy atom. The van der Waals surface area contributed by atoms with Crippen LogP contribution in [0.3, 0.4) is 0 Å². The maximum Gasteiger partial charge on any atom is 0.244 e. The van der Waals surface area contributed by atoms with E-state index in [0.29, 0.717) is 12.3 Å². The molecule has 1 aliphatic rings. The third-order valence-electron chi connectivity index (χ3n) is 5.20.